The van der Waals surface area contributed by atoms with Crippen LogP contribution in [0.2, 0.25) is 0 Å². The minimum Gasteiger partial charge on any atom is -0.507 e. The lowest BCUT2D eigenvalue weighted by molar-refractivity contribution is -0.114. The molecule has 4 heteroatoms. The van der Waals surface area contributed by atoms with E-state index in [1.807, 2.05) is 12.2 Å². The molecule has 0 heterocycles. The highest BCUT2D eigenvalue weighted by Crippen LogP contribution is 2.38. The Bertz CT molecular complexity index is 791. The Morgan fingerprint density at radius 3 is 1.25 bits per heavy atom. The molecular formula is C28H38O4. The number of hydrogen-bond donors (Lipinski definition) is 2. The van der Waals surface area contributed by atoms with Crippen LogP contribution in [0.1, 0.15) is 114 Å². The predicted molar refractivity (Wildman–Crippen MR) is 130 cm³/mol. The third kappa shape index (κ3) is 6.82. The van der Waals surface area contributed by atoms with Crippen molar-refractivity contribution in [3.8, 4) is 11.5 Å². The number of rotatable bonds is 0. The van der Waals surface area contributed by atoms with Crippen LogP contribution in [0.4, 0.5) is 0 Å². The number of aromatic hydroxyl groups is 2. The number of carbonyl (C=O) groups is 2. The first-order valence-corrected chi connectivity index (χ1v) is 12.6. The van der Waals surface area contributed by atoms with Gasteiger partial charge in [-0.05, 0) is 50.7 Å². The molecule has 0 aromatic heterocycles. The highest BCUT2D eigenvalue weighted by atomic mass is 16.3. The van der Waals surface area contributed by atoms with Crippen molar-refractivity contribution in [3.05, 3.63) is 35.4 Å². The molecule has 0 amide bonds. The van der Waals surface area contributed by atoms with Crippen molar-refractivity contribution < 1.29 is 19.8 Å². The van der Waals surface area contributed by atoms with Crippen molar-refractivity contribution in [2.24, 2.45) is 0 Å². The average Bonchev–Trinajstić information content (AvgIpc) is 2.77. The molecule has 0 fully saturated rings. The summed E-state index contributed by atoms with van der Waals surface area (Å²) in [4.78, 5) is 26.2. The predicted octanol–water partition coefficient (Wildman–Crippen LogP) is 7.27. The third-order valence-electron chi connectivity index (χ3n) is 6.71. The van der Waals surface area contributed by atoms with E-state index in [2.05, 4.69) is 0 Å². The Hall–Kier alpha value is -2.36. The van der Waals surface area contributed by atoms with E-state index in [-0.39, 0.29) is 23.1 Å². The molecule has 5 rings (SSSR count). The van der Waals surface area contributed by atoms with E-state index in [0.717, 1.165) is 77.0 Å². The van der Waals surface area contributed by atoms with Gasteiger partial charge in [-0.25, -0.2) is 0 Å². The molecule has 32 heavy (non-hydrogen) atoms. The molecule has 174 valence electrons. The van der Waals surface area contributed by atoms with Crippen LogP contribution in [-0.2, 0) is 9.59 Å². The molecule has 0 saturated carbocycles. The zero-order valence-corrected chi connectivity index (χ0v) is 19.3. The van der Waals surface area contributed by atoms with Crippen molar-refractivity contribution in [2.45, 2.75) is 103 Å². The van der Waals surface area contributed by atoms with Crippen LogP contribution in [0.3, 0.4) is 0 Å². The van der Waals surface area contributed by atoms with Gasteiger partial charge in [0.2, 0.25) is 0 Å². The normalized spacial score (nSPS) is 22.1. The number of carbonyl (C=O) groups excluding carboxylic acids is 2. The van der Waals surface area contributed by atoms with Crippen molar-refractivity contribution in [3.63, 3.8) is 0 Å². The fraction of sp³-hybridized carbons (Fsp3) is 0.571. The Balaban J connectivity index is 2.08. The summed E-state index contributed by atoms with van der Waals surface area (Å²) in [5.74, 6) is -0.0504. The van der Waals surface area contributed by atoms with Gasteiger partial charge in [0.25, 0.3) is 0 Å². The maximum absolute atomic E-state index is 13.1. The highest BCUT2D eigenvalue weighted by molar-refractivity contribution is 6.23. The summed E-state index contributed by atoms with van der Waals surface area (Å²) in [6.45, 7) is 0. The number of phenols is 2. The lowest BCUT2D eigenvalue weighted by Gasteiger charge is -2.16. The van der Waals surface area contributed by atoms with Crippen LogP contribution >= 0.6 is 0 Å². The Morgan fingerprint density at radius 2 is 0.844 bits per heavy atom. The number of benzene rings is 1. The minimum absolute atomic E-state index is 0.0208. The van der Waals surface area contributed by atoms with E-state index >= 15 is 0 Å². The molecule has 4 nitrogen and oxygen atoms in total. The number of phenolic OH excluding ortho intramolecular Hbond substituents is 2. The highest BCUT2D eigenvalue weighted by Gasteiger charge is 2.22. The summed E-state index contributed by atoms with van der Waals surface area (Å²) in [5, 5.41) is 21.8. The third-order valence-corrected chi connectivity index (χ3v) is 6.71. The molecule has 0 aliphatic heterocycles. The molecule has 1 aromatic carbocycles. The summed E-state index contributed by atoms with van der Waals surface area (Å²) in [5.41, 5.74) is 1.75. The van der Waals surface area contributed by atoms with E-state index in [0.29, 0.717) is 35.1 Å². The van der Waals surface area contributed by atoms with Gasteiger partial charge in [-0.3, -0.25) is 9.59 Å². The Labute approximate surface area is 192 Å². The fourth-order valence-corrected chi connectivity index (χ4v) is 4.79. The zero-order chi connectivity index (χ0) is 22.8. The number of hydrogen-bond acceptors (Lipinski definition) is 4. The lowest BCUT2D eigenvalue weighted by atomic mass is 9.90. The maximum Gasteiger partial charge on any atom is 0.163 e. The van der Waals surface area contributed by atoms with Crippen molar-refractivity contribution >= 4 is 22.7 Å². The largest absolute Gasteiger partial charge is 0.507 e. The molecule has 4 aliphatic carbocycles. The monoisotopic (exact) mass is 438 g/mol. The van der Waals surface area contributed by atoms with Crippen molar-refractivity contribution in [1.82, 2.24) is 0 Å². The summed E-state index contributed by atoms with van der Waals surface area (Å²) >= 11 is 0. The Morgan fingerprint density at radius 1 is 0.500 bits per heavy atom. The molecule has 0 atom stereocenters. The molecule has 2 N–H and O–H groups in total. The van der Waals surface area contributed by atoms with Gasteiger partial charge in [-0.1, -0.05) is 63.5 Å². The number of ketones is 2. The summed E-state index contributed by atoms with van der Waals surface area (Å²) in [6, 6.07) is 2.96. The van der Waals surface area contributed by atoms with Crippen LogP contribution in [-0.4, -0.2) is 21.8 Å². The summed E-state index contributed by atoms with van der Waals surface area (Å²) in [7, 11) is 0. The minimum atomic E-state index is -0.0460. The molecule has 0 unspecified atom stereocenters. The van der Waals surface area contributed by atoms with Crippen molar-refractivity contribution in [2.75, 3.05) is 0 Å². The first kappa shape index (κ1) is 24.3. The van der Waals surface area contributed by atoms with Gasteiger partial charge in [-0.15, -0.1) is 0 Å². The molecule has 0 saturated heterocycles. The van der Waals surface area contributed by atoms with E-state index in [4.69, 9.17) is 0 Å². The van der Waals surface area contributed by atoms with Gasteiger partial charge in [0.1, 0.15) is 11.5 Å². The quantitative estimate of drug-likeness (QED) is 0.418. The SMILES string of the molecule is O=C1CCCCCCCCC(=O)/C2=C\CCCCCCCCC=C1c1cc(O)c2cc1O. The second-order valence-corrected chi connectivity index (χ2v) is 9.29. The fourth-order valence-electron chi connectivity index (χ4n) is 4.79. The van der Waals surface area contributed by atoms with E-state index in [1.165, 1.54) is 25.0 Å². The molecule has 0 spiro atoms. The van der Waals surface area contributed by atoms with Crippen LogP contribution in [0.5, 0.6) is 11.5 Å². The number of allylic oxidation sites excluding steroid dienone is 4. The lowest BCUT2D eigenvalue weighted by Crippen LogP contribution is -2.06. The van der Waals surface area contributed by atoms with Crippen molar-refractivity contribution in [1.29, 1.82) is 0 Å². The standard InChI is InChI=1S/C28H38O4/c29-25-17-13-9-5-6-10-14-18-26(30)22-16-12-8-4-2-1-3-7-11-15-21(25)23-19-28(32)24(22)20-27(23)31/h15-16,19-20,31-32H,1-14,17-18H2/b21-15-,22-16?. The second kappa shape index (κ2) is 12.6. The first-order valence-electron chi connectivity index (χ1n) is 12.6. The van der Waals surface area contributed by atoms with Gasteiger partial charge in [-0.2, -0.15) is 0 Å². The van der Waals surface area contributed by atoms with E-state index in [9.17, 15) is 19.8 Å². The van der Waals surface area contributed by atoms with Crippen LogP contribution in [0.25, 0.3) is 11.1 Å². The van der Waals surface area contributed by atoms with Gasteiger partial charge in [0, 0.05) is 35.1 Å². The summed E-state index contributed by atoms with van der Waals surface area (Å²) in [6.07, 6.45) is 18.8. The molecule has 4 bridgehead atoms. The average molecular weight is 439 g/mol. The zero-order valence-electron chi connectivity index (χ0n) is 19.3. The molecule has 0 radical (unpaired) electrons. The first-order chi connectivity index (χ1) is 15.6. The second-order valence-electron chi connectivity index (χ2n) is 9.29. The van der Waals surface area contributed by atoms with E-state index < -0.39 is 0 Å². The smallest absolute Gasteiger partial charge is 0.163 e. The van der Waals surface area contributed by atoms with Gasteiger partial charge in [0.15, 0.2) is 11.6 Å². The molecular weight excluding hydrogens is 400 g/mol. The molecule has 4 aliphatic rings. The molecule has 1 aromatic rings. The van der Waals surface area contributed by atoms with Crippen LogP contribution < -0.4 is 0 Å². The van der Waals surface area contributed by atoms with Gasteiger partial charge >= 0.3 is 0 Å². The van der Waals surface area contributed by atoms with Crippen LogP contribution in [0, 0.1) is 0 Å². The topological polar surface area (TPSA) is 74.6 Å². The number of fused-ring (bicyclic) bond motifs is 18. The number of Topliss-reactive ketones (excluding diaryl/α,β-unsaturated/α-hetero) is 2. The summed E-state index contributed by atoms with van der Waals surface area (Å²) < 4.78 is 0. The van der Waals surface area contributed by atoms with Gasteiger partial charge < -0.3 is 10.2 Å². The van der Waals surface area contributed by atoms with E-state index in [1.54, 1.807) is 0 Å². The maximum atomic E-state index is 13.1. The Kier molecular flexibility index (Phi) is 9.58. The van der Waals surface area contributed by atoms with Crippen LogP contribution in [0.15, 0.2) is 24.3 Å². The van der Waals surface area contributed by atoms with Gasteiger partial charge in [0.05, 0.1) is 0 Å².